The van der Waals surface area contributed by atoms with Gasteiger partial charge in [0.1, 0.15) is 23.7 Å². The molecule has 1 heterocycles. The molecule has 4 nitrogen and oxygen atoms in total. The molecule has 1 aliphatic rings. The lowest BCUT2D eigenvalue weighted by atomic mass is 9.89. The Morgan fingerprint density at radius 2 is 2.24 bits per heavy atom. The fourth-order valence-electron chi connectivity index (χ4n) is 2.64. The van der Waals surface area contributed by atoms with Crippen LogP contribution in [-0.4, -0.2) is 30.0 Å². The highest BCUT2D eigenvalue weighted by molar-refractivity contribution is 5.44. The summed E-state index contributed by atoms with van der Waals surface area (Å²) in [5, 5.41) is 12.9. The summed E-state index contributed by atoms with van der Waals surface area (Å²) < 4.78 is 11.7. The van der Waals surface area contributed by atoms with E-state index in [4.69, 9.17) is 9.47 Å². The number of aliphatic hydroxyl groups excluding tert-OH is 1. The highest BCUT2D eigenvalue weighted by Crippen LogP contribution is 2.41. The van der Waals surface area contributed by atoms with E-state index >= 15 is 0 Å². The average molecular weight is 293 g/mol. The summed E-state index contributed by atoms with van der Waals surface area (Å²) in [6.45, 7) is 9.40. The molecule has 1 aliphatic heterocycles. The SMILES string of the molecule is CCCNC1CC(C)(C)Oc2cc(OCC(C)O)ccc21. The highest BCUT2D eigenvalue weighted by Gasteiger charge is 2.33. The van der Waals surface area contributed by atoms with E-state index in [1.807, 2.05) is 12.1 Å². The molecular formula is C17H27NO3. The number of hydrogen-bond acceptors (Lipinski definition) is 4. The maximum atomic E-state index is 9.31. The second-order valence-electron chi connectivity index (χ2n) is 6.43. The molecule has 0 amide bonds. The third kappa shape index (κ3) is 4.35. The molecule has 1 aromatic rings. The molecular weight excluding hydrogens is 266 g/mol. The molecule has 2 unspecified atom stereocenters. The van der Waals surface area contributed by atoms with Gasteiger partial charge in [0.05, 0.1) is 6.10 Å². The third-order valence-electron chi connectivity index (χ3n) is 3.57. The molecule has 2 atom stereocenters. The summed E-state index contributed by atoms with van der Waals surface area (Å²) in [5.41, 5.74) is 0.994. The van der Waals surface area contributed by atoms with Gasteiger partial charge in [-0.1, -0.05) is 13.0 Å². The van der Waals surface area contributed by atoms with Gasteiger partial charge in [-0.2, -0.15) is 0 Å². The van der Waals surface area contributed by atoms with Crippen LogP contribution in [0.15, 0.2) is 18.2 Å². The first-order chi connectivity index (χ1) is 9.91. The number of benzene rings is 1. The van der Waals surface area contributed by atoms with Crippen molar-refractivity contribution in [3.63, 3.8) is 0 Å². The zero-order chi connectivity index (χ0) is 15.5. The van der Waals surface area contributed by atoms with E-state index in [-0.39, 0.29) is 5.60 Å². The van der Waals surface area contributed by atoms with E-state index in [0.717, 1.165) is 30.9 Å². The Kier molecular flexibility index (Phi) is 5.12. The van der Waals surface area contributed by atoms with Gasteiger partial charge in [-0.15, -0.1) is 0 Å². The Morgan fingerprint density at radius 1 is 1.48 bits per heavy atom. The van der Waals surface area contributed by atoms with Crippen LogP contribution in [0.25, 0.3) is 0 Å². The lowest BCUT2D eigenvalue weighted by Gasteiger charge is -2.38. The second-order valence-corrected chi connectivity index (χ2v) is 6.43. The summed E-state index contributed by atoms with van der Waals surface area (Å²) in [7, 11) is 0. The van der Waals surface area contributed by atoms with Crippen molar-refractivity contribution in [2.24, 2.45) is 0 Å². The summed E-state index contributed by atoms with van der Waals surface area (Å²) >= 11 is 0. The molecule has 1 aromatic carbocycles. The first kappa shape index (κ1) is 16.1. The van der Waals surface area contributed by atoms with Gasteiger partial charge in [-0.05, 0) is 39.8 Å². The molecule has 0 spiro atoms. The quantitative estimate of drug-likeness (QED) is 0.846. The van der Waals surface area contributed by atoms with Gasteiger partial charge < -0.3 is 19.9 Å². The van der Waals surface area contributed by atoms with E-state index in [1.165, 1.54) is 5.56 Å². The van der Waals surface area contributed by atoms with Crippen LogP contribution in [0.4, 0.5) is 0 Å². The van der Waals surface area contributed by atoms with Crippen LogP contribution in [-0.2, 0) is 0 Å². The first-order valence-electron chi connectivity index (χ1n) is 7.78. The summed E-state index contributed by atoms with van der Waals surface area (Å²) in [5.74, 6) is 1.62. The molecule has 2 N–H and O–H groups in total. The third-order valence-corrected chi connectivity index (χ3v) is 3.57. The number of rotatable bonds is 6. The van der Waals surface area contributed by atoms with E-state index in [0.29, 0.717) is 12.6 Å². The van der Waals surface area contributed by atoms with Gasteiger partial charge in [-0.3, -0.25) is 0 Å². The highest BCUT2D eigenvalue weighted by atomic mass is 16.5. The summed E-state index contributed by atoms with van der Waals surface area (Å²) in [4.78, 5) is 0. The number of fused-ring (bicyclic) bond motifs is 1. The van der Waals surface area contributed by atoms with Crippen molar-refractivity contribution >= 4 is 0 Å². The Balaban J connectivity index is 2.19. The summed E-state index contributed by atoms with van der Waals surface area (Å²) in [6.07, 6.45) is 1.59. The fraction of sp³-hybridized carbons (Fsp3) is 0.647. The van der Waals surface area contributed by atoms with Gasteiger partial charge in [0.25, 0.3) is 0 Å². The van der Waals surface area contributed by atoms with Crippen LogP contribution in [0.5, 0.6) is 11.5 Å². The molecule has 21 heavy (non-hydrogen) atoms. The van der Waals surface area contributed by atoms with E-state index in [1.54, 1.807) is 6.92 Å². The Hall–Kier alpha value is -1.26. The largest absolute Gasteiger partial charge is 0.491 e. The van der Waals surface area contributed by atoms with Gasteiger partial charge >= 0.3 is 0 Å². The number of aliphatic hydroxyl groups is 1. The minimum Gasteiger partial charge on any atom is -0.491 e. The molecule has 0 aliphatic carbocycles. The molecule has 4 heteroatoms. The first-order valence-corrected chi connectivity index (χ1v) is 7.78. The number of ether oxygens (including phenoxy) is 2. The molecule has 0 saturated carbocycles. The van der Waals surface area contributed by atoms with E-state index < -0.39 is 6.10 Å². The predicted molar refractivity (Wildman–Crippen MR) is 84.0 cm³/mol. The van der Waals surface area contributed by atoms with Gasteiger partial charge in [0, 0.05) is 24.1 Å². The molecule has 0 aromatic heterocycles. The van der Waals surface area contributed by atoms with Gasteiger partial charge in [0.2, 0.25) is 0 Å². The Labute approximate surface area is 127 Å². The minimum absolute atomic E-state index is 0.193. The fourth-order valence-corrected chi connectivity index (χ4v) is 2.64. The topological polar surface area (TPSA) is 50.7 Å². The lowest BCUT2D eigenvalue weighted by molar-refractivity contribution is 0.0652. The van der Waals surface area contributed by atoms with Crippen LogP contribution in [0, 0.1) is 0 Å². The zero-order valence-corrected chi connectivity index (χ0v) is 13.5. The lowest BCUT2D eigenvalue weighted by Crippen LogP contribution is -2.39. The Bertz CT molecular complexity index is 471. The second kappa shape index (κ2) is 6.67. The van der Waals surface area contributed by atoms with Crippen LogP contribution in [0.1, 0.15) is 52.1 Å². The van der Waals surface area contributed by atoms with Gasteiger partial charge in [0.15, 0.2) is 0 Å². The number of hydrogen-bond donors (Lipinski definition) is 2. The van der Waals surface area contributed by atoms with Crippen molar-refractivity contribution in [1.82, 2.24) is 5.32 Å². The predicted octanol–water partition coefficient (Wildman–Crippen LogP) is 3.05. The van der Waals surface area contributed by atoms with E-state index in [9.17, 15) is 5.11 Å². The molecule has 0 saturated heterocycles. The van der Waals surface area contributed by atoms with Crippen molar-refractivity contribution in [1.29, 1.82) is 0 Å². The van der Waals surface area contributed by atoms with Crippen molar-refractivity contribution in [2.75, 3.05) is 13.2 Å². The summed E-state index contributed by atoms with van der Waals surface area (Å²) in [6, 6.07) is 6.26. The van der Waals surface area contributed by atoms with Crippen molar-refractivity contribution < 1.29 is 14.6 Å². The molecule has 0 fully saturated rings. The van der Waals surface area contributed by atoms with Crippen LogP contribution >= 0.6 is 0 Å². The zero-order valence-electron chi connectivity index (χ0n) is 13.5. The number of nitrogens with one attached hydrogen (secondary N) is 1. The molecule has 0 radical (unpaired) electrons. The van der Waals surface area contributed by atoms with Crippen LogP contribution in [0.2, 0.25) is 0 Å². The average Bonchev–Trinajstić information content (AvgIpc) is 2.40. The Morgan fingerprint density at radius 3 is 2.90 bits per heavy atom. The van der Waals surface area contributed by atoms with Crippen LogP contribution in [0.3, 0.4) is 0 Å². The van der Waals surface area contributed by atoms with Gasteiger partial charge in [-0.25, -0.2) is 0 Å². The van der Waals surface area contributed by atoms with Crippen LogP contribution < -0.4 is 14.8 Å². The van der Waals surface area contributed by atoms with Crippen molar-refractivity contribution in [3.05, 3.63) is 23.8 Å². The van der Waals surface area contributed by atoms with E-state index in [2.05, 4.69) is 32.2 Å². The molecule has 2 rings (SSSR count). The smallest absolute Gasteiger partial charge is 0.128 e. The molecule has 0 bridgehead atoms. The monoisotopic (exact) mass is 293 g/mol. The standard InChI is InChI=1S/C17H27NO3/c1-5-8-18-15-10-17(3,4)21-16-9-13(6-7-14(15)16)20-11-12(2)19/h6-7,9,12,15,18-19H,5,8,10-11H2,1-4H3. The maximum Gasteiger partial charge on any atom is 0.128 e. The van der Waals surface area contributed by atoms with Crippen molar-refractivity contribution in [2.45, 2.75) is 58.3 Å². The minimum atomic E-state index is -0.475. The maximum absolute atomic E-state index is 9.31. The normalized spacial score (nSPS) is 21.3. The molecule has 118 valence electrons. The van der Waals surface area contributed by atoms with Crippen molar-refractivity contribution in [3.8, 4) is 11.5 Å².